The van der Waals surface area contributed by atoms with Gasteiger partial charge in [-0.3, -0.25) is 0 Å². The van der Waals surface area contributed by atoms with Crippen LogP contribution in [0.5, 0.6) is 0 Å². The number of unbranched alkanes of at least 4 members (excludes halogenated alkanes) is 1. The predicted octanol–water partition coefficient (Wildman–Crippen LogP) is 2.70. The van der Waals surface area contributed by atoms with Crippen LogP contribution in [0.25, 0.3) is 0 Å². The van der Waals surface area contributed by atoms with Gasteiger partial charge in [-0.25, -0.2) is 10.2 Å². The lowest BCUT2D eigenvalue weighted by atomic mass is 10.2. The summed E-state index contributed by atoms with van der Waals surface area (Å²) in [6, 6.07) is 9.51. The van der Waals surface area contributed by atoms with E-state index in [1.165, 1.54) is 0 Å². The molecule has 0 atom stereocenters. The summed E-state index contributed by atoms with van der Waals surface area (Å²) >= 11 is 0. The molecule has 4 heteroatoms. The summed E-state index contributed by atoms with van der Waals surface area (Å²) in [5.41, 5.74) is 3.25. The highest BCUT2D eigenvalue weighted by Gasteiger charge is 1.99. The number of carbonyl (C=O) groups excluding carboxylic acids is 1. The van der Waals surface area contributed by atoms with Crippen molar-refractivity contribution in [2.75, 3.05) is 0 Å². The Bertz CT molecular complexity index is 336. The SMILES string of the molecule is CCC/C=N\NC(=O)OCc1ccccc1. The van der Waals surface area contributed by atoms with Crippen LogP contribution in [0.15, 0.2) is 35.4 Å². The Kier molecular flexibility index (Phi) is 5.70. The molecular weight excluding hydrogens is 204 g/mol. The van der Waals surface area contributed by atoms with E-state index in [9.17, 15) is 4.79 Å². The van der Waals surface area contributed by atoms with Crippen molar-refractivity contribution in [3.8, 4) is 0 Å². The van der Waals surface area contributed by atoms with E-state index in [-0.39, 0.29) is 6.61 Å². The van der Waals surface area contributed by atoms with Crippen LogP contribution in [0.3, 0.4) is 0 Å². The zero-order valence-electron chi connectivity index (χ0n) is 9.35. The molecule has 0 spiro atoms. The van der Waals surface area contributed by atoms with Crippen molar-refractivity contribution in [1.82, 2.24) is 5.43 Å². The number of ether oxygens (including phenoxy) is 1. The van der Waals surface area contributed by atoms with Gasteiger partial charge in [0.2, 0.25) is 0 Å². The lowest BCUT2D eigenvalue weighted by molar-refractivity contribution is 0.140. The number of rotatable bonds is 5. The minimum absolute atomic E-state index is 0.260. The van der Waals surface area contributed by atoms with E-state index in [2.05, 4.69) is 10.5 Å². The first-order chi connectivity index (χ1) is 7.83. The summed E-state index contributed by atoms with van der Waals surface area (Å²) in [5.74, 6) is 0. The van der Waals surface area contributed by atoms with Crippen LogP contribution in [0.1, 0.15) is 25.3 Å². The van der Waals surface area contributed by atoms with Crippen LogP contribution in [0, 0.1) is 0 Å². The van der Waals surface area contributed by atoms with Gasteiger partial charge in [0.05, 0.1) is 0 Å². The molecule has 0 fully saturated rings. The minimum Gasteiger partial charge on any atom is -0.443 e. The zero-order valence-corrected chi connectivity index (χ0v) is 9.35. The highest BCUT2D eigenvalue weighted by molar-refractivity contribution is 5.69. The standard InChI is InChI=1S/C12H16N2O2/c1-2-3-9-13-14-12(15)16-10-11-7-5-4-6-8-11/h4-9H,2-3,10H2,1H3,(H,14,15)/b13-9-. The Hall–Kier alpha value is -1.84. The van der Waals surface area contributed by atoms with Crippen molar-refractivity contribution in [2.24, 2.45) is 5.10 Å². The number of hydrogen-bond donors (Lipinski definition) is 1. The molecule has 1 aromatic carbocycles. The average molecular weight is 220 g/mol. The van der Waals surface area contributed by atoms with Gasteiger partial charge in [0.1, 0.15) is 6.61 Å². The zero-order chi connectivity index (χ0) is 11.6. The monoisotopic (exact) mass is 220 g/mol. The lowest BCUT2D eigenvalue weighted by Crippen LogP contribution is -2.18. The quantitative estimate of drug-likeness (QED) is 0.612. The molecule has 0 aromatic heterocycles. The van der Waals surface area contributed by atoms with Gasteiger partial charge in [-0.05, 0) is 12.0 Å². The van der Waals surface area contributed by atoms with Crippen molar-refractivity contribution in [2.45, 2.75) is 26.4 Å². The summed E-state index contributed by atoms with van der Waals surface area (Å²) in [5, 5.41) is 3.72. The molecule has 1 aromatic rings. The van der Waals surface area contributed by atoms with E-state index >= 15 is 0 Å². The predicted molar refractivity (Wildman–Crippen MR) is 63.2 cm³/mol. The van der Waals surface area contributed by atoms with E-state index in [1.54, 1.807) is 6.21 Å². The summed E-state index contributed by atoms with van der Waals surface area (Å²) in [6.45, 7) is 2.30. The average Bonchev–Trinajstić information content (AvgIpc) is 2.33. The fourth-order valence-corrected chi connectivity index (χ4v) is 1.05. The van der Waals surface area contributed by atoms with Gasteiger partial charge < -0.3 is 4.74 Å². The third kappa shape index (κ3) is 5.14. The van der Waals surface area contributed by atoms with Crippen LogP contribution in [0.4, 0.5) is 4.79 Å². The molecule has 0 unspecified atom stereocenters. The Morgan fingerprint density at radius 2 is 2.19 bits per heavy atom. The normalized spacial score (nSPS) is 10.3. The van der Waals surface area contributed by atoms with Gasteiger partial charge in [0.25, 0.3) is 0 Å². The van der Waals surface area contributed by atoms with E-state index in [0.717, 1.165) is 18.4 Å². The fourth-order valence-electron chi connectivity index (χ4n) is 1.05. The number of amides is 1. The maximum absolute atomic E-state index is 11.1. The van der Waals surface area contributed by atoms with Crippen LogP contribution in [0.2, 0.25) is 0 Å². The number of nitrogens with zero attached hydrogens (tertiary/aromatic N) is 1. The van der Waals surface area contributed by atoms with Gasteiger partial charge in [-0.2, -0.15) is 5.10 Å². The Balaban J connectivity index is 2.20. The van der Waals surface area contributed by atoms with Crippen molar-refractivity contribution in [3.63, 3.8) is 0 Å². The number of hydrazone groups is 1. The van der Waals surface area contributed by atoms with Crippen LogP contribution in [-0.2, 0) is 11.3 Å². The topological polar surface area (TPSA) is 50.7 Å². The number of carbonyl (C=O) groups is 1. The van der Waals surface area contributed by atoms with Gasteiger partial charge in [0.15, 0.2) is 0 Å². The van der Waals surface area contributed by atoms with Crippen LogP contribution in [-0.4, -0.2) is 12.3 Å². The van der Waals surface area contributed by atoms with Crippen LogP contribution >= 0.6 is 0 Å². The van der Waals surface area contributed by atoms with Crippen LogP contribution < -0.4 is 5.43 Å². The second kappa shape index (κ2) is 7.45. The maximum Gasteiger partial charge on any atom is 0.428 e. The van der Waals surface area contributed by atoms with Crippen molar-refractivity contribution < 1.29 is 9.53 Å². The van der Waals surface area contributed by atoms with Crippen molar-refractivity contribution >= 4 is 12.3 Å². The molecule has 0 saturated carbocycles. The lowest BCUT2D eigenvalue weighted by Gasteiger charge is -2.03. The molecule has 1 amide bonds. The first kappa shape index (κ1) is 12.2. The molecule has 1 N–H and O–H groups in total. The van der Waals surface area contributed by atoms with Crippen molar-refractivity contribution in [1.29, 1.82) is 0 Å². The van der Waals surface area contributed by atoms with Crippen molar-refractivity contribution in [3.05, 3.63) is 35.9 Å². The highest BCUT2D eigenvalue weighted by atomic mass is 16.5. The molecule has 0 bridgehead atoms. The second-order valence-corrected chi connectivity index (χ2v) is 3.27. The number of benzene rings is 1. The minimum atomic E-state index is -0.531. The summed E-state index contributed by atoms with van der Waals surface area (Å²) in [6.07, 6.45) is 2.98. The third-order valence-electron chi connectivity index (χ3n) is 1.88. The maximum atomic E-state index is 11.1. The van der Waals surface area contributed by atoms with E-state index in [0.29, 0.717) is 0 Å². The Morgan fingerprint density at radius 1 is 1.44 bits per heavy atom. The first-order valence-corrected chi connectivity index (χ1v) is 5.31. The molecule has 16 heavy (non-hydrogen) atoms. The van der Waals surface area contributed by atoms with E-state index < -0.39 is 6.09 Å². The second-order valence-electron chi connectivity index (χ2n) is 3.27. The summed E-state index contributed by atoms with van der Waals surface area (Å²) in [4.78, 5) is 11.1. The highest BCUT2D eigenvalue weighted by Crippen LogP contribution is 2.00. The molecule has 0 heterocycles. The largest absolute Gasteiger partial charge is 0.443 e. The molecular formula is C12H16N2O2. The molecule has 0 radical (unpaired) electrons. The van der Waals surface area contributed by atoms with Gasteiger partial charge in [0, 0.05) is 6.21 Å². The van der Waals surface area contributed by atoms with E-state index in [1.807, 2.05) is 37.3 Å². The van der Waals surface area contributed by atoms with Gasteiger partial charge in [-0.1, -0.05) is 43.7 Å². The van der Waals surface area contributed by atoms with Gasteiger partial charge >= 0.3 is 6.09 Å². The number of hydrogen-bond acceptors (Lipinski definition) is 3. The molecule has 1 rings (SSSR count). The Morgan fingerprint density at radius 3 is 2.88 bits per heavy atom. The summed E-state index contributed by atoms with van der Waals surface area (Å²) in [7, 11) is 0. The molecule has 0 aliphatic heterocycles. The van der Waals surface area contributed by atoms with E-state index in [4.69, 9.17) is 4.74 Å². The molecule has 0 aliphatic carbocycles. The number of nitrogens with one attached hydrogen (secondary N) is 1. The first-order valence-electron chi connectivity index (χ1n) is 5.31. The third-order valence-corrected chi connectivity index (χ3v) is 1.88. The molecule has 0 saturated heterocycles. The van der Waals surface area contributed by atoms with Gasteiger partial charge in [-0.15, -0.1) is 0 Å². The fraction of sp³-hybridized carbons (Fsp3) is 0.333. The molecule has 86 valence electrons. The summed E-state index contributed by atoms with van der Waals surface area (Å²) < 4.78 is 4.94. The molecule has 0 aliphatic rings. The Labute approximate surface area is 95.3 Å². The molecule has 4 nitrogen and oxygen atoms in total. The smallest absolute Gasteiger partial charge is 0.428 e.